The summed E-state index contributed by atoms with van der Waals surface area (Å²) in [5.74, 6) is 0.525. The summed E-state index contributed by atoms with van der Waals surface area (Å²) in [6.07, 6.45) is 1.98. The average molecular weight is 192 g/mol. The standard InChI is InChI=1S/C11H10ClN/c1-9(7-12)5-10-3-2-4-11(6-10)8-13/h2-6H,7H2,1H3. The first-order valence-electron chi connectivity index (χ1n) is 3.99. The Morgan fingerprint density at radius 3 is 3.00 bits per heavy atom. The Hall–Kier alpha value is -1.26. The van der Waals surface area contributed by atoms with Gasteiger partial charge in [-0.15, -0.1) is 11.6 Å². The number of rotatable bonds is 2. The molecule has 0 bridgehead atoms. The average Bonchev–Trinajstić information content (AvgIpc) is 2.18. The van der Waals surface area contributed by atoms with Gasteiger partial charge in [-0.25, -0.2) is 0 Å². The fraction of sp³-hybridized carbons (Fsp3) is 0.182. The van der Waals surface area contributed by atoms with Crippen molar-refractivity contribution in [3.05, 3.63) is 41.0 Å². The fourth-order valence-corrected chi connectivity index (χ4v) is 1.10. The molecule has 13 heavy (non-hydrogen) atoms. The minimum atomic E-state index is 0.525. The van der Waals surface area contributed by atoms with Crippen LogP contribution in [0.4, 0.5) is 0 Å². The second-order valence-corrected chi connectivity index (χ2v) is 3.13. The van der Waals surface area contributed by atoms with Gasteiger partial charge in [0.15, 0.2) is 0 Å². The van der Waals surface area contributed by atoms with E-state index in [0.29, 0.717) is 11.4 Å². The van der Waals surface area contributed by atoms with Crippen LogP contribution in [0.25, 0.3) is 6.08 Å². The summed E-state index contributed by atoms with van der Waals surface area (Å²) in [4.78, 5) is 0. The maximum absolute atomic E-state index is 8.66. The van der Waals surface area contributed by atoms with Crippen molar-refractivity contribution in [3.63, 3.8) is 0 Å². The van der Waals surface area contributed by atoms with Crippen LogP contribution in [0.3, 0.4) is 0 Å². The van der Waals surface area contributed by atoms with E-state index in [0.717, 1.165) is 11.1 Å². The molecule has 1 aromatic rings. The molecule has 0 N–H and O–H groups in total. The molecule has 66 valence electrons. The first-order valence-corrected chi connectivity index (χ1v) is 4.53. The predicted octanol–water partition coefficient (Wildman–Crippen LogP) is 3.20. The van der Waals surface area contributed by atoms with Crippen LogP contribution in [0.1, 0.15) is 18.1 Å². The lowest BCUT2D eigenvalue weighted by atomic mass is 10.1. The molecule has 0 spiro atoms. The largest absolute Gasteiger partial charge is 0.192 e. The zero-order valence-electron chi connectivity index (χ0n) is 7.42. The lowest BCUT2D eigenvalue weighted by molar-refractivity contribution is 1.42. The zero-order valence-corrected chi connectivity index (χ0v) is 8.17. The van der Waals surface area contributed by atoms with E-state index in [4.69, 9.17) is 16.9 Å². The van der Waals surface area contributed by atoms with Gasteiger partial charge < -0.3 is 0 Å². The van der Waals surface area contributed by atoms with Gasteiger partial charge in [-0.1, -0.05) is 23.8 Å². The first-order chi connectivity index (χ1) is 6.26. The minimum Gasteiger partial charge on any atom is -0.192 e. The van der Waals surface area contributed by atoms with Crippen molar-refractivity contribution in [1.82, 2.24) is 0 Å². The van der Waals surface area contributed by atoms with E-state index < -0.39 is 0 Å². The number of halogens is 1. The van der Waals surface area contributed by atoms with Crippen molar-refractivity contribution < 1.29 is 0 Å². The SMILES string of the molecule is CC(=Cc1cccc(C#N)c1)CCl. The highest BCUT2D eigenvalue weighted by atomic mass is 35.5. The summed E-state index contributed by atoms with van der Waals surface area (Å²) in [5.41, 5.74) is 2.80. The molecule has 1 aromatic carbocycles. The van der Waals surface area contributed by atoms with Crippen LogP contribution in [0, 0.1) is 11.3 Å². The Labute approximate surface area is 83.3 Å². The van der Waals surface area contributed by atoms with Crippen LogP contribution in [0.2, 0.25) is 0 Å². The van der Waals surface area contributed by atoms with Crippen molar-refractivity contribution in [1.29, 1.82) is 5.26 Å². The third kappa shape index (κ3) is 2.93. The lowest BCUT2D eigenvalue weighted by Gasteiger charge is -1.96. The number of nitrogens with zero attached hydrogens (tertiary/aromatic N) is 1. The lowest BCUT2D eigenvalue weighted by Crippen LogP contribution is -1.80. The van der Waals surface area contributed by atoms with Gasteiger partial charge in [-0.2, -0.15) is 5.26 Å². The zero-order chi connectivity index (χ0) is 9.68. The van der Waals surface area contributed by atoms with E-state index in [-0.39, 0.29) is 0 Å². The maximum atomic E-state index is 8.66. The molecule has 0 aromatic heterocycles. The van der Waals surface area contributed by atoms with Crippen LogP contribution >= 0.6 is 11.6 Å². The molecule has 0 fully saturated rings. The second kappa shape index (κ2) is 4.69. The fourth-order valence-electron chi connectivity index (χ4n) is 1.02. The van der Waals surface area contributed by atoms with E-state index in [1.807, 2.05) is 31.2 Å². The molecular formula is C11H10ClN. The monoisotopic (exact) mass is 191 g/mol. The van der Waals surface area contributed by atoms with Crippen molar-refractivity contribution in [2.24, 2.45) is 0 Å². The smallest absolute Gasteiger partial charge is 0.0991 e. The maximum Gasteiger partial charge on any atom is 0.0991 e. The second-order valence-electron chi connectivity index (χ2n) is 2.86. The van der Waals surface area contributed by atoms with Crippen LogP contribution in [0.5, 0.6) is 0 Å². The van der Waals surface area contributed by atoms with E-state index in [2.05, 4.69) is 6.07 Å². The van der Waals surface area contributed by atoms with E-state index in [9.17, 15) is 0 Å². The third-order valence-corrected chi connectivity index (χ3v) is 2.06. The van der Waals surface area contributed by atoms with Crippen molar-refractivity contribution in [2.45, 2.75) is 6.92 Å². The Kier molecular flexibility index (Phi) is 3.54. The number of alkyl halides is 1. The third-order valence-electron chi connectivity index (χ3n) is 1.64. The summed E-state index contributed by atoms with van der Waals surface area (Å²) < 4.78 is 0. The number of allylic oxidation sites excluding steroid dienone is 1. The van der Waals surface area contributed by atoms with Crippen molar-refractivity contribution >= 4 is 17.7 Å². The van der Waals surface area contributed by atoms with Crippen LogP contribution in [0.15, 0.2) is 29.8 Å². The highest BCUT2D eigenvalue weighted by molar-refractivity contribution is 6.19. The molecule has 0 radical (unpaired) electrons. The summed E-state index contributed by atoms with van der Waals surface area (Å²) in [6, 6.07) is 9.55. The normalized spacial score (nSPS) is 11.0. The van der Waals surface area contributed by atoms with Crippen LogP contribution < -0.4 is 0 Å². The topological polar surface area (TPSA) is 23.8 Å². The van der Waals surface area contributed by atoms with Gasteiger partial charge in [-0.05, 0) is 24.6 Å². The number of hydrogen-bond acceptors (Lipinski definition) is 1. The molecule has 0 heterocycles. The van der Waals surface area contributed by atoms with Gasteiger partial charge in [0.2, 0.25) is 0 Å². The molecular weight excluding hydrogens is 182 g/mol. The molecule has 1 rings (SSSR count). The molecule has 0 aliphatic carbocycles. The molecule has 2 heteroatoms. The Morgan fingerprint density at radius 1 is 1.62 bits per heavy atom. The predicted molar refractivity (Wildman–Crippen MR) is 55.5 cm³/mol. The van der Waals surface area contributed by atoms with E-state index >= 15 is 0 Å². The summed E-state index contributed by atoms with van der Waals surface area (Å²) in [6.45, 7) is 1.96. The number of hydrogen-bond donors (Lipinski definition) is 0. The van der Waals surface area contributed by atoms with Crippen molar-refractivity contribution in [2.75, 3.05) is 5.88 Å². The highest BCUT2D eigenvalue weighted by Gasteiger charge is 1.92. The summed E-state index contributed by atoms with van der Waals surface area (Å²) >= 11 is 5.64. The molecule has 0 aliphatic heterocycles. The van der Waals surface area contributed by atoms with Crippen LogP contribution in [-0.2, 0) is 0 Å². The first kappa shape index (κ1) is 9.83. The van der Waals surface area contributed by atoms with Gasteiger partial charge in [0.25, 0.3) is 0 Å². The highest BCUT2D eigenvalue weighted by Crippen LogP contribution is 2.09. The number of benzene rings is 1. The molecule has 0 saturated carbocycles. The molecule has 0 aliphatic rings. The molecule has 0 unspecified atom stereocenters. The van der Waals surface area contributed by atoms with Gasteiger partial charge in [-0.3, -0.25) is 0 Å². The van der Waals surface area contributed by atoms with Crippen LogP contribution in [-0.4, -0.2) is 5.88 Å². The molecule has 1 nitrogen and oxygen atoms in total. The minimum absolute atomic E-state index is 0.525. The Morgan fingerprint density at radius 2 is 2.38 bits per heavy atom. The molecule has 0 saturated heterocycles. The number of nitriles is 1. The Bertz CT molecular complexity index is 361. The van der Waals surface area contributed by atoms with Gasteiger partial charge in [0.05, 0.1) is 11.6 Å². The van der Waals surface area contributed by atoms with E-state index in [1.165, 1.54) is 0 Å². The quantitative estimate of drug-likeness (QED) is 0.659. The summed E-state index contributed by atoms with van der Waals surface area (Å²) in [5, 5.41) is 8.66. The Balaban J connectivity index is 2.97. The summed E-state index contributed by atoms with van der Waals surface area (Å²) in [7, 11) is 0. The molecule has 0 atom stereocenters. The van der Waals surface area contributed by atoms with Gasteiger partial charge in [0.1, 0.15) is 0 Å². The van der Waals surface area contributed by atoms with Crippen molar-refractivity contribution in [3.8, 4) is 6.07 Å². The molecule has 0 amide bonds. The van der Waals surface area contributed by atoms with Gasteiger partial charge in [0, 0.05) is 5.88 Å². The van der Waals surface area contributed by atoms with Gasteiger partial charge >= 0.3 is 0 Å². The van der Waals surface area contributed by atoms with E-state index in [1.54, 1.807) is 6.07 Å².